The SMILES string of the molecule is CC(C)(CNc1cc(Br)ccc1F)N1CCNCC1. The molecule has 1 fully saturated rings. The highest BCUT2D eigenvalue weighted by molar-refractivity contribution is 9.10. The molecule has 19 heavy (non-hydrogen) atoms. The number of piperazine rings is 1. The number of hydrogen-bond donors (Lipinski definition) is 2. The molecule has 1 aliphatic rings. The average molecular weight is 330 g/mol. The van der Waals surface area contributed by atoms with Crippen molar-refractivity contribution in [3.63, 3.8) is 0 Å². The molecule has 2 rings (SSSR count). The lowest BCUT2D eigenvalue weighted by atomic mass is 10.0. The van der Waals surface area contributed by atoms with Crippen LogP contribution >= 0.6 is 15.9 Å². The number of hydrogen-bond acceptors (Lipinski definition) is 3. The van der Waals surface area contributed by atoms with E-state index in [9.17, 15) is 4.39 Å². The van der Waals surface area contributed by atoms with E-state index in [1.807, 2.05) is 0 Å². The zero-order valence-corrected chi connectivity index (χ0v) is 13.1. The molecule has 0 radical (unpaired) electrons. The summed E-state index contributed by atoms with van der Waals surface area (Å²) in [6, 6.07) is 4.97. The van der Waals surface area contributed by atoms with E-state index in [4.69, 9.17) is 0 Å². The molecule has 0 aromatic heterocycles. The monoisotopic (exact) mass is 329 g/mol. The molecule has 0 spiro atoms. The molecule has 106 valence electrons. The first-order valence-electron chi connectivity index (χ1n) is 6.64. The molecule has 0 aliphatic carbocycles. The van der Waals surface area contributed by atoms with Gasteiger partial charge in [-0.3, -0.25) is 4.90 Å². The predicted molar refractivity (Wildman–Crippen MR) is 81.1 cm³/mol. The molecule has 1 aromatic carbocycles. The Balaban J connectivity index is 1.98. The van der Waals surface area contributed by atoms with Gasteiger partial charge in [0.05, 0.1) is 5.69 Å². The Morgan fingerprint density at radius 2 is 2.05 bits per heavy atom. The lowest BCUT2D eigenvalue weighted by Crippen LogP contribution is -2.56. The number of anilines is 1. The van der Waals surface area contributed by atoms with Crippen molar-refractivity contribution in [1.29, 1.82) is 0 Å². The molecule has 1 aromatic rings. The minimum absolute atomic E-state index is 0.0108. The number of benzene rings is 1. The van der Waals surface area contributed by atoms with Crippen LogP contribution in [-0.2, 0) is 0 Å². The van der Waals surface area contributed by atoms with Crippen LogP contribution < -0.4 is 10.6 Å². The quantitative estimate of drug-likeness (QED) is 0.889. The highest BCUT2D eigenvalue weighted by Crippen LogP contribution is 2.22. The van der Waals surface area contributed by atoms with E-state index in [-0.39, 0.29) is 11.4 Å². The van der Waals surface area contributed by atoms with Gasteiger partial charge in [-0.1, -0.05) is 15.9 Å². The number of halogens is 2. The summed E-state index contributed by atoms with van der Waals surface area (Å²) in [5.74, 6) is -0.209. The summed E-state index contributed by atoms with van der Waals surface area (Å²) in [6.45, 7) is 9.23. The summed E-state index contributed by atoms with van der Waals surface area (Å²) in [7, 11) is 0. The molecular formula is C14H21BrFN3. The van der Waals surface area contributed by atoms with Crippen LogP contribution in [0.2, 0.25) is 0 Å². The molecular weight excluding hydrogens is 309 g/mol. The third kappa shape index (κ3) is 3.91. The van der Waals surface area contributed by atoms with Crippen LogP contribution in [0.1, 0.15) is 13.8 Å². The fraction of sp³-hybridized carbons (Fsp3) is 0.571. The van der Waals surface area contributed by atoms with E-state index in [2.05, 4.69) is 45.3 Å². The molecule has 1 aliphatic heterocycles. The van der Waals surface area contributed by atoms with Crippen molar-refractivity contribution < 1.29 is 4.39 Å². The van der Waals surface area contributed by atoms with Gasteiger partial charge in [-0.05, 0) is 32.0 Å². The Labute approximate surface area is 122 Å². The first kappa shape index (κ1) is 14.8. The van der Waals surface area contributed by atoms with Gasteiger partial charge in [0.2, 0.25) is 0 Å². The fourth-order valence-corrected chi connectivity index (χ4v) is 2.69. The van der Waals surface area contributed by atoms with Crippen molar-refractivity contribution in [1.82, 2.24) is 10.2 Å². The Hall–Kier alpha value is -0.650. The average Bonchev–Trinajstić information content (AvgIpc) is 2.41. The van der Waals surface area contributed by atoms with E-state index in [1.54, 1.807) is 12.1 Å². The van der Waals surface area contributed by atoms with Gasteiger partial charge in [-0.15, -0.1) is 0 Å². The normalized spacial score (nSPS) is 17.5. The summed E-state index contributed by atoms with van der Waals surface area (Å²) in [4.78, 5) is 2.44. The summed E-state index contributed by atoms with van der Waals surface area (Å²) in [6.07, 6.45) is 0. The van der Waals surface area contributed by atoms with Crippen molar-refractivity contribution in [2.45, 2.75) is 19.4 Å². The van der Waals surface area contributed by atoms with Gasteiger partial charge in [0.15, 0.2) is 0 Å². The molecule has 3 nitrogen and oxygen atoms in total. The molecule has 5 heteroatoms. The van der Waals surface area contributed by atoms with Gasteiger partial charge in [-0.2, -0.15) is 0 Å². The predicted octanol–water partition coefficient (Wildman–Crippen LogP) is 2.68. The molecule has 0 atom stereocenters. The molecule has 1 saturated heterocycles. The lowest BCUT2D eigenvalue weighted by Gasteiger charge is -2.41. The highest BCUT2D eigenvalue weighted by Gasteiger charge is 2.27. The Kier molecular flexibility index (Phi) is 4.81. The van der Waals surface area contributed by atoms with Crippen LogP contribution in [0.3, 0.4) is 0 Å². The third-order valence-corrected chi connectivity index (χ3v) is 4.11. The van der Waals surface area contributed by atoms with Crippen LogP contribution in [0.15, 0.2) is 22.7 Å². The minimum atomic E-state index is -0.209. The summed E-state index contributed by atoms with van der Waals surface area (Å²) in [5, 5.41) is 6.57. The topological polar surface area (TPSA) is 27.3 Å². The smallest absolute Gasteiger partial charge is 0.146 e. The second kappa shape index (κ2) is 6.20. The number of rotatable bonds is 4. The van der Waals surface area contributed by atoms with Crippen molar-refractivity contribution >= 4 is 21.6 Å². The summed E-state index contributed by atoms with van der Waals surface area (Å²) >= 11 is 3.37. The zero-order valence-electron chi connectivity index (χ0n) is 11.5. The summed E-state index contributed by atoms with van der Waals surface area (Å²) < 4.78 is 14.6. The maximum atomic E-state index is 13.7. The van der Waals surface area contributed by atoms with Crippen LogP contribution in [0.25, 0.3) is 0 Å². The Bertz CT molecular complexity index is 431. The first-order valence-corrected chi connectivity index (χ1v) is 7.43. The molecule has 2 N–H and O–H groups in total. The van der Waals surface area contributed by atoms with Gasteiger partial charge >= 0.3 is 0 Å². The largest absolute Gasteiger partial charge is 0.381 e. The van der Waals surface area contributed by atoms with E-state index in [0.717, 1.165) is 37.2 Å². The van der Waals surface area contributed by atoms with E-state index >= 15 is 0 Å². The fourth-order valence-electron chi connectivity index (χ4n) is 2.33. The van der Waals surface area contributed by atoms with E-state index in [0.29, 0.717) is 5.69 Å². The standard InChI is InChI=1S/C14H21BrFN3/c1-14(2,19-7-5-17-6-8-19)10-18-13-9-11(15)3-4-12(13)16/h3-4,9,17-18H,5-8,10H2,1-2H3. The third-order valence-electron chi connectivity index (χ3n) is 3.61. The number of nitrogens with zero attached hydrogens (tertiary/aromatic N) is 1. The van der Waals surface area contributed by atoms with Crippen molar-refractivity contribution in [2.24, 2.45) is 0 Å². The Morgan fingerprint density at radius 3 is 2.74 bits per heavy atom. The van der Waals surface area contributed by atoms with Crippen molar-refractivity contribution in [3.8, 4) is 0 Å². The van der Waals surface area contributed by atoms with Gasteiger partial charge < -0.3 is 10.6 Å². The summed E-state index contributed by atoms with van der Waals surface area (Å²) in [5.41, 5.74) is 0.564. The van der Waals surface area contributed by atoms with Gasteiger partial charge in [0.1, 0.15) is 5.82 Å². The van der Waals surface area contributed by atoms with E-state index in [1.165, 1.54) is 6.07 Å². The first-order chi connectivity index (χ1) is 8.99. The maximum absolute atomic E-state index is 13.7. The molecule has 0 unspecified atom stereocenters. The van der Waals surface area contributed by atoms with Crippen molar-refractivity contribution in [2.75, 3.05) is 38.0 Å². The van der Waals surface area contributed by atoms with Crippen LogP contribution in [0, 0.1) is 5.82 Å². The van der Waals surface area contributed by atoms with Crippen molar-refractivity contribution in [3.05, 3.63) is 28.5 Å². The van der Waals surface area contributed by atoms with Crippen LogP contribution in [-0.4, -0.2) is 43.2 Å². The lowest BCUT2D eigenvalue weighted by molar-refractivity contribution is 0.114. The minimum Gasteiger partial charge on any atom is -0.381 e. The van der Waals surface area contributed by atoms with Gasteiger partial charge in [0, 0.05) is 42.7 Å². The highest BCUT2D eigenvalue weighted by atomic mass is 79.9. The van der Waals surface area contributed by atoms with E-state index < -0.39 is 0 Å². The second-order valence-electron chi connectivity index (χ2n) is 5.53. The van der Waals surface area contributed by atoms with Crippen LogP contribution in [0.5, 0.6) is 0 Å². The maximum Gasteiger partial charge on any atom is 0.146 e. The molecule has 0 amide bonds. The van der Waals surface area contributed by atoms with Gasteiger partial charge in [0.25, 0.3) is 0 Å². The number of nitrogens with one attached hydrogen (secondary N) is 2. The Morgan fingerprint density at radius 1 is 1.37 bits per heavy atom. The molecule has 1 heterocycles. The van der Waals surface area contributed by atoms with Crippen LogP contribution in [0.4, 0.5) is 10.1 Å². The zero-order chi connectivity index (χ0) is 13.9. The molecule has 0 saturated carbocycles. The van der Waals surface area contributed by atoms with Gasteiger partial charge in [-0.25, -0.2) is 4.39 Å². The second-order valence-corrected chi connectivity index (χ2v) is 6.44. The molecule has 0 bridgehead atoms.